The van der Waals surface area contributed by atoms with E-state index in [4.69, 9.17) is 0 Å². The van der Waals surface area contributed by atoms with Gasteiger partial charge in [-0.2, -0.15) is 11.8 Å². The molecule has 0 aromatic carbocycles. The van der Waals surface area contributed by atoms with E-state index in [1.54, 1.807) is 0 Å². The first-order chi connectivity index (χ1) is 10.2. The lowest BCUT2D eigenvalue weighted by Gasteiger charge is -2.30. The number of rotatable bonds is 5. The second kappa shape index (κ2) is 6.91. The van der Waals surface area contributed by atoms with Crippen molar-refractivity contribution in [2.24, 2.45) is 17.8 Å². The Kier molecular flexibility index (Phi) is 5.15. The van der Waals surface area contributed by atoms with E-state index in [0.29, 0.717) is 23.9 Å². The average molecular weight is 311 g/mol. The molecule has 2 heterocycles. The fourth-order valence-electron chi connectivity index (χ4n) is 4.18. The molecular formula is C17H30N2OS. The van der Waals surface area contributed by atoms with Crippen LogP contribution in [0, 0.1) is 17.8 Å². The molecule has 0 aromatic heterocycles. The highest BCUT2D eigenvalue weighted by molar-refractivity contribution is 7.99. The minimum Gasteiger partial charge on any atom is -0.325 e. The maximum Gasteiger partial charge on any atom is 0.241 e. The van der Waals surface area contributed by atoms with Crippen LogP contribution >= 0.6 is 11.8 Å². The number of thioether (sulfide) groups is 1. The van der Waals surface area contributed by atoms with E-state index in [1.807, 2.05) is 0 Å². The number of nitrogens with zero attached hydrogens (tertiary/aromatic N) is 1. The minimum absolute atomic E-state index is 0.0645. The maximum atomic E-state index is 12.9. The van der Waals surface area contributed by atoms with Crippen molar-refractivity contribution >= 4 is 17.7 Å². The van der Waals surface area contributed by atoms with Gasteiger partial charge in [0.2, 0.25) is 5.91 Å². The summed E-state index contributed by atoms with van der Waals surface area (Å²) in [6, 6.07) is 0.0645. The molecular weight excluding hydrogens is 280 g/mol. The standard InChI is InChI=1S/C17H30N2OS/c1-3-12(2)15-17(20)19(10-13-8-9-21-11-13)16(18-15)14-6-4-5-7-14/h12-16,18H,3-11H2,1-2H3. The molecule has 3 rings (SSSR count). The van der Waals surface area contributed by atoms with Crippen molar-refractivity contribution in [3.05, 3.63) is 0 Å². The van der Waals surface area contributed by atoms with Crippen molar-refractivity contribution in [1.29, 1.82) is 0 Å². The Bertz CT molecular complexity index is 364. The maximum absolute atomic E-state index is 12.9. The summed E-state index contributed by atoms with van der Waals surface area (Å²) in [4.78, 5) is 15.2. The summed E-state index contributed by atoms with van der Waals surface area (Å²) in [5.74, 6) is 4.78. The van der Waals surface area contributed by atoms with Gasteiger partial charge in [0, 0.05) is 6.54 Å². The van der Waals surface area contributed by atoms with E-state index < -0.39 is 0 Å². The van der Waals surface area contributed by atoms with Gasteiger partial charge < -0.3 is 4.90 Å². The van der Waals surface area contributed by atoms with Gasteiger partial charge in [0.05, 0.1) is 12.2 Å². The van der Waals surface area contributed by atoms with Crippen LogP contribution in [0.5, 0.6) is 0 Å². The van der Waals surface area contributed by atoms with E-state index in [-0.39, 0.29) is 6.04 Å². The van der Waals surface area contributed by atoms with Crippen LogP contribution in [-0.2, 0) is 4.79 Å². The van der Waals surface area contributed by atoms with Crippen LogP contribution in [0.4, 0.5) is 0 Å². The summed E-state index contributed by atoms with van der Waals surface area (Å²) in [6.45, 7) is 5.41. The zero-order chi connectivity index (χ0) is 14.8. The summed E-state index contributed by atoms with van der Waals surface area (Å²) in [7, 11) is 0. The van der Waals surface area contributed by atoms with Gasteiger partial charge in [-0.25, -0.2) is 0 Å². The molecule has 3 fully saturated rings. The molecule has 2 aliphatic heterocycles. The van der Waals surface area contributed by atoms with E-state index in [2.05, 4.69) is 35.8 Å². The average Bonchev–Trinajstić information content (AvgIpc) is 3.21. The molecule has 4 unspecified atom stereocenters. The van der Waals surface area contributed by atoms with E-state index >= 15 is 0 Å². The fraction of sp³-hybridized carbons (Fsp3) is 0.941. The summed E-state index contributed by atoms with van der Waals surface area (Å²) >= 11 is 2.05. The second-order valence-electron chi connectivity index (χ2n) is 7.24. The first-order valence-electron chi connectivity index (χ1n) is 8.85. The Morgan fingerprint density at radius 2 is 2.10 bits per heavy atom. The first-order valence-corrected chi connectivity index (χ1v) is 10.0. The van der Waals surface area contributed by atoms with Crippen LogP contribution in [0.1, 0.15) is 52.4 Å². The molecule has 0 spiro atoms. The third-order valence-electron chi connectivity index (χ3n) is 5.77. The molecule has 0 bridgehead atoms. The van der Waals surface area contributed by atoms with Crippen LogP contribution in [0.15, 0.2) is 0 Å². The predicted molar refractivity (Wildman–Crippen MR) is 89.3 cm³/mol. The molecule has 4 atom stereocenters. The molecule has 3 nitrogen and oxygen atoms in total. The Hall–Kier alpha value is -0.220. The molecule has 1 saturated carbocycles. The van der Waals surface area contributed by atoms with Gasteiger partial charge in [0.15, 0.2) is 0 Å². The normalized spacial score (nSPS) is 35.8. The lowest BCUT2D eigenvalue weighted by Crippen LogP contribution is -2.44. The smallest absolute Gasteiger partial charge is 0.241 e. The number of hydrogen-bond acceptors (Lipinski definition) is 3. The van der Waals surface area contributed by atoms with Crippen molar-refractivity contribution in [2.45, 2.75) is 64.6 Å². The number of amides is 1. The van der Waals surface area contributed by atoms with Gasteiger partial charge in [0.1, 0.15) is 0 Å². The van der Waals surface area contributed by atoms with Gasteiger partial charge in [-0.15, -0.1) is 0 Å². The number of hydrogen-bond donors (Lipinski definition) is 1. The quantitative estimate of drug-likeness (QED) is 0.847. The molecule has 1 aliphatic carbocycles. The van der Waals surface area contributed by atoms with Crippen LogP contribution in [-0.4, -0.2) is 41.1 Å². The molecule has 120 valence electrons. The van der Waals surface area contributed by atoms with Crippen LogP contribution in [0.2, 0.25) is 0 Å². The predicted octanol–water partition coefficient (Wildman–Crippen LogP) is 3.10. The van der Waals surface area contributed by atoms with Crippen LogP contribution in [0.25, 0.3) is 0 Å². The molecule has 0 radical (unpaired) electrons. The van der Waals surface area contributed by atoms with Gasteiger partial charge >= 0.3 is 0 Å². The Morgan fingerprint density at radius 3 is 2.71 bits per heavy atom. The second-order valence-corrected chi connectivity index (χ2v) is 8.39. The highest BCUT2D eigenvalue weighted by Gasteiger charge is 2.45. The highest BCUT2D eigenvalue weighted by atomic mass is 32.2. The Morgan fingerprint density at radius 1 is 1.33 bits per heavy atom. The summed E-state index contributed by atoms with van der Waals surface area (Å²) in [5.41, 5.74) is 0. The zero-order valence-electron chi connectivity index (χ0n) is 13.5. The van der Waals surface area contributed by atoms with Gasteiger partial charge in [-0.05, 0) is 48.5 Å². The van der Waals surface area contributed by atoms with Crippen molar-refractivity contribution < 1.29 is 4.79 Å². The van der Waals surface area contributed by atoms with Crippen molar-refractivity contribution in [3.63, 3.8) is 0 Å². The molecule has 2 saturated heterocycles. The zero-order valence-corrected chi connectivity index (χ0v) is 14.3. The van der Waals surface area contributed by atoms with E-state index in [9.17, 15) is 4.79 Å². The first kappa shape index (κ1) is 15.7. The third-order valence-corrected chi connectivity index (χ3v) is 7.00. The fourth-order valence-corrected chi connectivity index (χ4v) is 5.45. The minimum atomic E-state index is 0.0645. The SMILES string of the molecule is CCC(C)C1NC(C2CCCC2)N(CC2CCSC2)C1=O. The lowest BCUT2D eigenvalue weighted by atomic mass is 9.99. The van der Waals surface area contributed by atoms with Gasteiger partial charge in [-0.1, -0.05) is 33.1 Å². The summed E-state index contributed by atoms with van der Waals surface area (Å²) in [5, 5.41) is 3.73. The van der Waals surface area contributed by atoms with E-state index in [1.165, 1.54) is 43.6 Å². The molecule has 0 aromatic rings. The molecule has 3 aliphatic rings. The van der Waals surface area contributed by atoms with Crippen LogP contribution < -0.4 is 5.32 Å². The summed E-state index contributed by atoms with van der Waals surface area (Å²) in [6.07, 6.45) is 7.98. The van der Waals surface area contributed by atoms with Crippen molar-refractivity contribution in [2.75, 3.05) is 18.1 Å². The Balaban J connectivity index is 1.72. The summed E-state index contributed by atoms with van der Waals surface area (Å²) < 4.78 is 0. The van der Waals surface area contributed by atoms with Crippen molar-refractivity contribution in [1.82, 2.24) is 10.2 Å². The number of carbonyl (C=O) groups excluding carboxylic acids is 1. The van der Waals surface area contributed by atoms with Crippen molar-refractivity contribution in [3.8, 4) is 0 Å². The topological polar surface area (TPSA) is 32.3 Å². The highest BCUT2D eigenvalue weighted by Crippen LogP contribution is 2.35. The number of carbonyl (C=O) groups is 1. The van der Waals surface area contributed by atoms with Crippen LogP contribution in [0.3, 0.4) is 0 Å². The van der Waals surface area contributed by atoms with E-state index in [0.717, 1.165) is 18.9 Å². The molecule has 21 heavy (non-hydrogen) atoms. The Labute approximate surface area is 133 Å². The lowest BCUT2D eigenvalue weighted by molar-refractivity contribution is -0.132. The van der Waals surface area contributed by atoms with Gasteiger partial charge in [-0.3, -0.25) is 10.1 Å². The molecule has 1 N–H and O–H groups in total. The monoisotopic (exact) mass is 310 g/mol. The number of nitrogens with one attached hydrogen (secondary N) is 1. The third kappa shape index (κ3) is 3.26. The molecule has 4 heteroatoms. The van der Waals surface area contributed by atoms with Gasteiger partial charge in [0.25, 0.3) is 0 Å². The molecule has 1 amide bonds. The largest absolute Gasteiger partial charge is 0.325 e.